The number of benzene rings is 1. The Morgan fingerprint density at radius 3 is 2.58 bits per heavy atom. The molecule has 2 N–H and O–H groups in total. The van der Waals surface area contributed by atoms with Gasteiger partial charge < -0.3 is 24.8 Å². The molecule has 0 unspecified atom stereocenters. The molecular weight excluding hydrogens is 394 g/mol. The lowest BCUT2D eigenvalue weighted by atomic mass is 9.84. The number of nitrogens with zero attached hydrogens (tertiary/aromatic N) is 2. The Labute approximate surface area is 185 Å². The van der Waals surface area contributed by atoms with Crippen LogP contribution in [0.2, 0.25) is 0 Å². The van der Waals surface area contributed by atoms with Gasteiger partial charge in [0.05, 0.1) is 5.69 Å². The highest BCUT2D eigenvalue weighted by Crippen LogP contribution is 2.41. The first-order valence-corrected chi connectivity index (χ1v) is 11.9. The highest BCUT2D eigenvalue weighted by molar-refractivity contribution is 5.81. The van der Waals surface area contributed by atoms with Crippen LogP contribution < -0.4 is 19.7 Å². The van der Waals surface area contributed by atoms with Gasteiger partial charge in [0.15, 0.2) is 11.5 Å². The molecule has 4 rings (SSSR count). The second-order valence-corrected chi connectivity index (χ2v) is 9.54. The molecule has 1 atom stereocenters. The van der Waals surface area contributed by atoms with E-state index in [0.717, 1.165) is 81.5 Å². The molecule has 1 saturated carbocycles. The molecule has 1 amide bonds. The van der Waals surface area contributed by atoms with Gasteiger partial charge in [-0.25, -0.2) is 0 Å². The smallest absolute Gasteiger partial charge is 0.249 e. The number of rotatable bonds is 7. The predicted octanol–water partition coefficient (Wildman–Crippen LogP) is 2.62. The van der Waals surface area contributed by atoms with Gasteiger partial charge >= 0.3 is 0 Å². The molecule has 2 heterocycles. The number of fused-ring (bicyclic) bond motifs is 1. The Kier molecular flexibility index (Phi) is 7.23. The zero-order chi connectivity index (χ0) is 21.8. The van der Waals surface area contributed by atoms with E-state index in [-0.39, 0.29) is 17.9 Å². The molecule has 2 aliphatic heterocycles. The predicted molar refractivity (Wildman–Crippen MR) is 121 cm³/mol. The maximum absolute atomic E-state index is 12.1. The Morgan fingerprint density at radius 1 is 1.13 bits per heavy atom. The number of hydrogen-bond donors (Lipinski definition) is 2. The van der Waals surface area contributed by atoms with E-state index in [1.807, 2.05) is 26.0 Å². The molecule has 31 heavy (non-hydrogen) atoms. The molecule has 172 valence electrons. The number of carbonyl (C=O) groups is 1. The van der Waals surface area contributed by atoms with Gasteiger partial charge in [0.25, 0.3) is 0 Å². The number of para-hydroxylation sites is 1. The first-order valence-electron chi connectivity index (χ1n) is 11.9. The van der Waals surface area contributed by atoms with E-state index in [0.29, 0.717) is 6.79 Å². The van der Waals surface area contributed by atoms with Crippen LogP contribution in [-0.2, 0) is 4.79 Å². The number of carbonyl (C=O) groups excluding carboxylic acids is 1. The SMILES string of the molecule is CC(C)[C@H](O)C(=O)NC1CCC(CCN2CCN(c3cccc4c3OCO4)CC2)CC1. The molecule has 7 nitrogen and oxygen atoms in total. The molecule has 0 bridgehead atoms. The number of aliphatic hydroxyl groups is 1. The van der Waals surface area contributed by atoms with Gasteiger partial charge in [-0.2, -0.15) is 0 Å². The van der Waals surface area contributed by atoms with Crippen molar-refractivity contribution in [3.8, 4) is 11.5 Å². The molecule has 0 radical (unpaired) electrons. The van der Waals surface area contributed by atoms with Gasteiger partial charge in [-0.1, -0.05) is 19.9 Å². The molecular formula is C24H37N3O4. The molecule has 0 spiro atoms. The minimum atomic E-state index is -0.896. The summed E-state index contributed by atoms with van der Waals surface area (Å²) in [4.78, 5) is 17.1. The monoisotopic (exact) mass is 431 g/mol. The highest BCUT2D eigenvalue weighted by atomic mass is 16.7. The Morgan fingerprint density at radius 2 is 1.87 bits per heavy atom. The number of nitrogens with one attached hydrogen (secondary N) is 1. The Balaban J connectivity index is 1.15. The summed E-state index contributed by atoms with van der Waals surface area (Å²) in [5.74, 6) is 2.23. The second kappa shape index (κ2) is 10.1. The van der Waals surface area contributed by atoms with Crippen molar-refractivity contribution in [3.63, 3.8) is 0 Å². The average molecular weight is 432 g/mol. The van der Waals surface area contributed by atoms with Crippen molar-refractivity contribution in [3.05, 3.63) is 18.2 Å². The van der Waals surface area contributed by atoms with Crippen LogP contribution in [0.4, 0.5) is 5.69 Å². The Bertz CT molecular complexity index is 740. The molecule has 0 aromatic heterocycles. The topological polar surface area (TPSA) is 74.3 Å². The maximum Gasteiger partial charge on any atom is 0.249 e. The van der Waals surface area contributed by atoms with E-state index < -0.39 is 6.10 Å². The highest BCUT2D eigenvalue weighted by Gasteiger charge is 2.27. The van der Waals surface area contributed by atoms with Gasteiger partial charge in [0.1, 0.15) is 6.10 Å². The van der Waals surface area contributed by atoms with Crippen LogP contribution in [0.1, 0.15) is 46.0 Å². The largest absolute Gasteiger partial charge is 0.454 e. The fourth-order valence-electron chi connectivity index (χ4n) is 4.93. The third-order valence-electron chi connectivity index (χ3n) is 7.04. The van der Waals surface area contributed by atoms with Gasteiger partial charge in [-0.05, 0) is 62.6 Å². The van der Waals surface area contributed by atoms with Crippen molar-refractivity contribution in [2.75, 3.05) is 44.4 Å². The van der Waals surface area contributed by atoms with Crippen molar-refractivity contribution >= 4 is 11.6 Å². The number of piperazine rings is 1. The summed E-state index contributed by atoms with van der Waals surface area (Å²) in [5.41, 5.74) is 1.15. The summed E-state index contributed by atoms with van der Waals surface area (Å²) in [6, 6.07) is 6.35. The van der Waals surface area contributed by atoms with E-state index in [9.17, 15) is 9.90 Å². The minimum absolute atomic E-state index is 0.0412. The van der Waals surface area contributed by atoms with Crippen molar-refractivity contribution in [2.24, 2.45) is 11.8 Å². The number of aliphatic hydroxyl groups excluding tert-OH is 1. The summed E-state index contributed by atoms with van der Waals surface area (Å²) in [6.07, 6.45) is 4.71. The fourth-order valence-corrected chi connectivity index (χ4v) is 4.93. The van der Waals surface area contributed by atoms with Crippen LogP contribution >= 0.6 is 0 Å². The first kappa shape index (κ1) is 22.2. The number of amides is 1. The molecule has 2 fully saturated rings. The van der Waals surface area contributed by atoms with Crippen LogP contribution in [0.3, 0.4) is 0 Å². The lowest BCUT2D eigenvalue weighted by Gasteiger charge is -2.37. The molecule has 1 aromatic rings. The summed E-state index contributed by atoms with van der Waals surface area (Å²) in [5, 5.41) is 12.9. The summed E-state index contributed by atoms with van der Waals surface area (Å²) < 4.78 is 11.2. The third kappa shape index (κ3) is 5.44. The van der Waals surface area contributed by atoms with E-state index in [1.54, 1.807) is 0 Å². The number of anilines is 1. The lowest BCUT2D eigenvalue weighted by Crippen LogP contribution is -2.47. The van der Waals surface area contributed by atoms with Gasteiger partial charge in [-0.15, -0.1) is 0 Å². The molecule has 1 aromatic carbocycles. The maximum atomic E-state index is 12.1. The summed E-state index contributed by atoms with van der Waals surface area (Å²) in [6.45, 7) is 9.37. The van der Waals surface area contributed by atoms with Gasteiger partial charge in [0.2, 0.25) is 12.7 Å². The average Bonchev–Trinajstić information content (AvgIpc) is 3.27. The third-order valence-corrected chi connectivity index (χ3v) is 7.04. The van der Waals surface area contributed by atoms with E-state index in [4.69, 9.17) is 9.47 Å². The zero-order valence-corrected chi connectivity index (χ0v) is 18.9. The van der Waals surface area contributed by atoms with Crippen molar-refractivity contribution < 1.29 is 19.4 Å². The summed E-state index contributed by atoms with van der Waals surface area (Å²) in [7, 11) is 0. The lowest BCUT2D eigenvalue weighted by molar-refractivity contribution is -0.132. The van der Waals surface area contributed by atoms with Gasteiger partial charge in [0, 0.05) is 32.2 Å². The zero-order valence-electron chi connectivity index (χ0n) is 18.9. The van der Waals surface area contributed by atoms with E-state index in [2.05, 4.69) is 21.2 Å². The van der Waals surface area contributed by atoms with Gasteiger partial charge in [-0.3, -0.25) is 9.69 Å². The molecule has 1 aliphatic carbocycles. The van der Waals surface area contributed by atoms with Crippen LogP contribution in [0.15, 0.2) is 18.2 Å². The molecule has 3 aliphatic rings. The van der Waals surface area contributed by atoms with Crippen LogP contribution in [0.5, 0.6) is 11.5 Å². The normalized spacial score (nSPS) is 25.0. The van der Waals surface area contributed by atoms with Crippen LogP contribution in [0.25, 0.3) is 0 Å². The van der Waals surface area contributed by atoms with Crippen molar-refractivity contribution in [2.45, 2.75) is 58.1 Å². The fraction of sp³-hybridized carbons (Fsp3) is 0.708. The van der Waals surface area contributed by atoms with E-state index >= 15 is 0 Å². The first-order chi connectivity index (χ1) is 15.0. The second-order valence-electron chi connectivity index (χ2n) is 9.54. The van der Waals surface area contributed by atoms with Crippen LogP contribution in [0, 0.1) is 11.8 Å². The quantitative estimate of drug-likeness (QED) is 0.691. The van der Waals surface area contributed by atoms with E-state index in [1.165, 1.54) is 6.42 Å². The molecule has 1 saturated heterocycles. The van der Waals surface area contributed by atoms with Crippen molar-refractivity contribution in [1.82, 2.24) is 10.2 Å². The Hall–Kier alpha value is -1.99. The summed E-state index contributed by atoms with van der Waals surface area (Å²) >= 11 is 0. The minimum Gasteiger partial charge on any atom is -0.454 e. The van der Waals surface area contributed by atoms with Crippen molar-refractivity contribution in [1.29, 1.82) is 0 Å². The number of ether oxygens (including phenoxy) is 2. The molecule has 7 heteroatoms. The standard InChI is InChI=1S/C24H37N3O4/c1-17(2)22(28)24(29)25-19-8-6-18(7-9-19)10-11-26-12-14-27(15-13-26)20-4-3-5-21-23(20)31-16-30-21/h3-5,17-19,22,28H,6-16H2,1-2H3,(H,25,29)/t18?,19?,22-/m0/s1. The number of hydrogen-bond acceptors (Lipinski definition) is 6. The van der Waals surface area contributed by atoms with Crippen LogP contribution in [-0.4, -0.2) is 67.6 Å².